The van der Waals surface area contributed by atoms with Crippen LogP contribution in [0, 0.1) is 92.7 Å². The summed E-state index contributed by atoms with van der Waals surface area (Å²) in [5, 5.41) is 54.7. The molecule has 22 atom stereocenters. The molecule has 1 aromatic rings. The first-order chi connectivity index (χ1) is 33.2. The molecular weight excluding hydrogens is 887 g/mol. The van der Waals surface area contributed by atoms with Gasteiger partial charge in [-0.2, -0.15) is 0 Å². The molecule has 8 aliphatic carbocycles. The molecule has 2 amide bonds. The summed E-state index contributed by atoms with van der Waals surface area (Å²) in [4.78, 5) is 56.2. The normalized spacial score (nSPS) is 45.8. The number of hydrogen-bond acceptors (Lipinski definition) is 11. The number of aliphatic hydroxyl groups excluding tert-OH is 4. The number of amides is 2. The Morgan fingerprint density at radius 2 is 1.00 bits per heavy atom. The van der Waals surface area contributed by atoms with Crippen LogP contribution in [-0.2, 0) is 19.1 Å². The SMILES string of the molecule is COC(=O)CC[C@@H](C)[C@H]1CC[C@H]2[C@@H]3[C@H](O)C[C@@H]4C[C@@H](NC(=O)c5cncc(C(=O)N[C@H]6CC[C@@]7(C)[C@@H](C6)C[C@@H](O)[C@@H]6[C@@H]7C[C@H](O)[C@]7(C)[C@@H]([C@H](C)CCC(=O)OC)CC[C@@H]67)c5)CC[C@]4(C)[C@H]3C[C@H](O)[C@]12C. The lowest BCUT2D eigenvalue weighted by atomic mass is 9.43. The van der Waals surface area contributed by atoms with Gasteiger partial charge in [0.25, 0.3) is 11.8 Å². The van der Waals surface area contributed by atoms with Crippen molar-refractivity contribution in [2.24, 2.45) is 92.7 Å². The number of carbonyl (C=O) groups is 4. The molecule has 8 fully saturated rings. The van der Waals surface area contributed by atoms with E-state index < -0.39 is 24.4 Å². The highest BCUT2D eigenvalue weighted by molar-refractivity contribution is 5.99. The standard InChI is InChI=1S/C57H87N3O10/c1-30(9-15-48(65)69-7)38-11-13-40-50-42(26-46(63)56(38,40)5)54(3)19-17-36(22-34(54)24-44(50)61)59-52(67)32-21-33(29-58-28-32)53(68)60-37-18-20-55(4)35(23-37)25-45(62)51-41-14-12-39(31(2)10-16-49(66)70-8)57(41,6)47(64)27-43(51)55/h21,28-31,34-47,50-51,61-64H,9-20,22-27H2,1-8H3,(H,59,67)(H,60,68)/t30-,31-,34+,35+,36+,37+,38-,39-,40+,41+,42+,43+,44-,45-,46+,47+,50+,51+,54+,55+,56-,57-/m1/s1. The van der Waals surface area contributed by atoms with Gasteiger partial charge in [-0.3, -0.25) is 24.2 Å². The summed E-state index contributed by atoms with van der Waals surface area (Å²) in [6.07, 6.45) is 14.8. The topological polar surface area (TPSA) is 205 Å². The number of esters is 2. The van der Waals surface area contributed by atoms with Crippen molar-refractivity contribution in [2.75, 3.05) is 14.2 Å². The Morgan fingerprint density at radius 1 is 0.600 bits per heavy atom. The van der Waals surface area contributed by atoms with Gasteiger partial charge in [0.2, 0.25) is 0 Å². The van der Waals surface area contributed by atoms with E-state index in [1.54, 1.807) is 6.07 Å². The average Bonchev–Trinajstić information content (AvgIpc) is 3.89. The summed E-state index contributed by atoms with van der Waals surface area (Å²) in [5.41, 5.74) is -0.0900. The van der Waals surface area contributed by atoms with Crippen molar-refractivity contribution in [3.8, 4) is 0 Å². The molecule has 390 valence electrons. The summed E-state index contributed by atoms with van der Waals surface area (Å²) in [6, 6.07) is 1.46. The van der Waals surface area contributed by atoms with Crippen molar-refractivity contribution in [3.05, 3.63) is 29.6 Å². The van der Waals surface area contributed by atoms with Crippen LogP contribution in [0.1, 0.15) is 178 Å². The maximum atomic E-state index is 13.9. The fraction of sp³-hybridized carbons (Fsp3) is 0.842. The number of aromatic nitrogens is 1. The molecule has 0 bridgehead atoms. The minimum absolute atomic E-state index is 0.0679. The summed E-state index contributed by atoms with van der Waals surface area (Å²) in [7, 11) is 2.86. The fourth-order valence-electron chi connectivity index (χ4n) is 19.1. The second-order valence-electron chi connectivity index (χ2n) is 25.7. The lowest BCUT2D eigenvalue weighted by Gasteiger charge is -2.63. The number of aliphatic hydroxyl groups is 4. The molecule has 70 heavy (non-hydrogen) atoms. The van der Waals surface area contributed by atoms with Crippen LogP contribution in [0.15, 0.2) is 18.5 Å². The zero-order valence-electron chi connectivity index (χ0n) is 43.5. The first-order valence-corrected chi connectivity index (χ1v) is 27.6. The lowest BCUT2D eigenvalue weighted by Crippen LogP contribution is -2.63. The van der Waals surface area contributed by atoms with E-state index in [4.69, 9.17) is 9.47 Å². The second-order valence-corrected chi connectivity index (χ2v) is 25.7. The Hall–Kier alpha value is -3.13. The van der Waals surface area contributed by atoms with Crippen LogP contribution in [0.4, 0.5) is 0 Å². The van der Waals surface area contributed by atoms with Gasteiger partial charge in [0, 0.05) is 37.3 Å². The second kappa shape index (κ2) is 19.6. The molecule has 6 N–H and O–H groups in total. The predicted octanol–water partition coefficient (Wildman–Crippen LogP) is 7.66. The van der Waals surface area contributed by atoms with Crippen molar-refractivity contribution in [2.45, 2.75) is 194 Å². The molecule has 0 saturated heterocycles. The molecule has 9 rings (SSSR count). The Labute approximate surface area is 417 Å². The van der Waals surface area contributed by atoms with E-state index in [1.807, 2.05) is 0 Å². The van der Waals surface area contributed by atoms with E-state index in [0.717, 1.165) is 77.0 Å². The van der Waals surface area contributed by atoms with Crippen LogP contribution in [0.3, 0.4) is 0 Å². The number of carbonyl (C=O) groups excluding carboxylic acids is 4. The minimum atomic E-state index is -0.484. The van der Waals surface area contributed by atoms with E-state index in [2.05, 4.69) is 57.2 Å². The molecule has 8 aliphatic rings. The van der Waals surface area contributed by atoms with Gasteiger partial charge < -0.3 is 40.5 Å². The molecule has 13 nitrogen and oxygen atoms in total. The van der Waals surface area contributed by atoms with Gasteiger partial charge in [0.15, 0.2) is 0 Å². The quantitative estimate of drug-likeness (QED) is 0.112. The van der Waals surface area contributed by atoms with E-state index in [9.17, 15) is 39.6 Å². The van der Waals surface area contributed by atoms with Crippen molar-refractivity contribution >= 4 is 23.8 Å². The van der Waals surface area contributed by atoms with E-state index in [-0.39, 0.29) is 129 Å². The van der Waals surface area contributed by atoms with Crippen LogP contribution in [0.25, 0.3) is 0 Å². The van der Waals surface area contributed by atoms with Crippen molar-refractivity contribution in [3.63, 3.8) is 0 Å². The van der Waals surface area contributed by atoms with Gasteiger partial charge in [0.05, 0.1) is 49.8 Å². The highest BCUT2D eigenvalue weighted by Crippen LogP contribution is 2.70. The van der Waals surface area contributed by atoms with Gasteiger partial charge >= 0.3 is 11.9 Å². The molecule has 13 heteroatoms. The maximum absolute atomic E-state index is 13.9. The van der Waals surface area contributed by atoms with Crippen LogP contribution in [-0.4, -0.2) is 99.9 Å². The van der Waals surface area contributed by atoms with Gasteiger partial charge in [0.1, 0.15) is 0 Å². The van der Waals surface area contributed by atoms with Crippen molar-refractivity contribution in [1.82, 2.24) is 15.6 Å². The fourth-order valence-corrected chi connectivity index (χ4v) is 19.1. The summed E-state index contributed by atoms with van der Waals surface area (Å²) >= 11 is 0. The van der Waals surface area contributed by atoms with Crippen LogP contribution in [0.5, 0.6) is 0 Å². The highest BCUT2D eigenvalue weighted by Gasteiger charge is 2.67. The molecule has 0 aromatic carbocycles. The first kappa shape index (κ1) is 51.8. The van der Waals surface area contributed by atoms with Gasteiger partial charge in [-0.05, 0) is 201 Å². The predicted molar refractivity (Wildman–Crippen MR) is 264 cm³/mol. The van der Waals surface area contributed by atoms with Gasteiger partial charge in [-0.1, -0.05) is 41.5 Å². The number of nitrogens with one attached hydrogen (secondary N) is 2. The third-order valence-electron chi connectivity index (χ3n) is 23.1. The van der Waals surface area contributed by atoms with E-state index in [0.29, 0.717) is 49.7 Å². The number of nitrogens with zero attached hydrogens (tertiary/aromatic N) is 1. The highest BCUT2D eigenvalue weighted by atomic mass is 16.5. The van der Waals surface area contributed by atoms with Gasteiger partial charge in [-0.25, -0.2) is 0 Å². The Balaban J connectivity index is 0.794. The third-order valence-corrected chi connectivity index (χ3v) is 23.1. The molecule has 0 radical (unpaired) electrons. The molecule has 0 aliphatic heterocycles. The number of ether oxygens (including phenoxy) is 2. The first-order valence-electron chi connectivity index (χ1n) is 27.6. The van der Waals surface area contributed by atoms with Crippen molar-refractivity contribution < 1.29 is 49.1 Å². The van der Waals surface area contributed by atoms with Crippen molar-refractivity contribution in [1.29, 1.82) is 0 Å². The maximum Gasteiger partial charge on any atom is 0.305 e. The smallest absolute Gasteiger partial charge is 0.305 e. The number of methoxy groups -OCH3 is 2. The van der Waals surface area contributed by atoms with Crippen LogP contribution in [0.2, 0.25) is 0 Å². The molecule has 0 spiro atoms. The number of rotatable bonds is 12. The van der Waals surface area contributed by atoms with E-state index >= 15 is 0 Å². The number of hydrogen-bond donors (Lipinski definition) is 6. The molecule has 0 unspecified atom stereocenters. The van der Waals surface area contributed by atoms with E-state index in [1.165, 1.54) is 26.6 Å². The largest absolute Gasteiger partial charge is 0.469 e. The Kier molecular flexibility index (Phi) is 14.5. The summed E-state index contributed by atoms with van der Waals surface area (Å²) < 4.78 is 9.85. The molecular formula is C57H87N3O10. The average molecular weight is 974 g/mol. The summed E-state index contributed by atoms with van der Waals surface area (Å²) in [5.74, 6) is 1.57. The zero-order valence-corrected chi connectivity index (χ0v) is 43.5. The Morgan fingerprint density at radius 3 is 1.39 bits per heavy atom. The summed E-state index contributed by atoms with van der Waals surface area (Å²) in [6.45, 7) is 13.6. The number of pyridine rings is 1. The van der Waals surface area contributed by atoms with Gasteiger partial charge in [-0.15, -0.1) is 0 Å². The van der Waals surface area contributed by atoms with Crippen LogP contribution >= 0.6 is 0 Å². The zero-order chi connectivity index (χ0) is 50.2. The lowest BCUT2D eigenvalue weighted by molar-refractivity contribution is -0.202. The molecule has 1 aromatic heterocycles. The minimum Gasteiger partial charge on any atom is -0.469 e. The van der Waals surface area contributed by atoms with Crippen LogP contribution < -0.4 is 10.6 Å². The number of fused-ring (bicyclic) bond motifs is 10. The Bertz CT molecular complexity index is 1980. The monoisotopic (exact) mass is 974 g/mol. The molecule has 1 heterocycles. The molecule has 8 saturated carbocycles. The third kappa shape index (κ3) is 8.65.